The number of nitrogens with zero attached hydrogens (tertiary/aromatic N) is 3. The topological polar surface area (TPSA) is 47.9 Å². The molecule has 0 aliphatic carbocycles. The summed E-state index contributed by atoms with van der Waals surface area (Å²) >= 11 is 18.9. The summed E-state index contributed by atoms with van der Waals surface area (Å²) in [6, 6.07) is 20.8. The van der Waals surface area contributed by atoms with Crippen molar-refractivity contribution in [2.75, 3.05) is 16.6 Å². The Labute approximate surface area is 213 Å². The third kappa shape index (κ3) is 4.24. The summed E-state index contributed by atoms with van der Waals surface area (Å²) < 4.78 is 0. The van der Waals surface area contributed by atoms with Gasteiger partial charge in [-0.15, -0.1) is 0 Å². The van der Waals surface area contributed by atoms with Crippen LogP contribution in [-0.4, -0.2) is 18.2 Å². The van der Waals surface area contributed by atoms with Gasteiger partial charge in [-0.2, -0.15) is 5.10 Å². The first-order valence-electron chi connectivity index (χ1n) is 11.2. The van der Waals surface area contributed by atoms with Crippen molar-refractivity contribution in [2.24, 2.45) is 11.0 Å². The second-order valence-corrected chi connectivity index (χ2v) is 9.69. The smallest absolute Gasteiger partial charge is 0.285 e. The molecule has 34 heavy (non-hydrogen) atoms. The second-order valence-electron chi connectivity index (χ2n) is 8.41. The second kappa shape index (κ2) is 9.49. The highest BCUT2D eigenvalue weighted by molar-refractivity contribution is 6.41. The van der Waals surface area contributed by atoms with Crippen molar-refractivity contribution in [3.63, 3.8) is 0 Å². The molecule has 8 heteroatoms. The summed E-state index contributed by atoms with van der Waals surface area (Å²) in [5.41, 5.74) is 7.49. The largest absolute Gasteiger partial charge is 0.286 e. The van der Waals surface area contributed by atoms with Crippen LogP contribution < -0.4 is 15.4 Å². The summed E-state index contributed by atoms with van der Waals surface area (Å²) in [6.45, 7) is 2.79. The highest BCUT2D eigenvalue weighted by atomic mass is 35.5. The maximum Gasteiger partial charge on any atom is 0.286 e. The predicted octanol–water partition coefficient (Wildman–Crippen LogP) is 6.68. The van der Waals surface area contributed by atoms with Gasteiger partial charge in [0.15, 0.2) is 0 Å². The molecule has 1 N–H and O–H groups in total. The molecular formula is C26H23Cl3N4O. The molecule has 2 aliphatic heterocycles. The number of carbonyl (C=O) groups is 1. The number of para-hydroxylation sites is 1. The first-order valence-corrected chi connectivity index (χ1v) is 12.3. The van der Waals surface area contributed by atoms with Crippen molar-refractivity contribution in [2.45, 2.75) is 25.8 Å². The van der Waals surface area contributed by atoms with Crippen molar-refractivity contribution < 1.29 is 4.79 Å². The van der Waals surface area contributed by atoms with Crippen LogP contribution in [0.25, 0.3) is 0 Å². The summed E-state index contributed by atoms with van der Waals surface area (Å²) in [4.78, 5) is 13.5. The van der Waals surface area contributed by atoms with Crippen LogP contribution in [0.4, 0.5) is 11.4 Å². The predicted molar refractivity (Wildman–Crippen MR) is 140 cm³/mol. The molecule has 5 rings (SSSR count). The SMILES string of the molecule is CC[C@@H]1C(C(=O)NN2CCc3ccccc32)=NN(c2ccc(Cl)cc2Cl)[C@@H]1c1ccc(Cl)cc1. The van der Waals surface area contributed by atoms with Crippen molar-refractivity contribution in [3.05, 3.63) is 92.9 Å². The minimum atomic E-state index is -0.215. The molecule has 1 amide bonds. The maximum absolute atomic E-state index is 13.5. The number of benzene rings is 3. The Kier molecular flexibility index (Phi) is 6.43. The molecule has 0 unspecified atom stereocenters. The van der Waals surface area contributed by atoms with E-state index in [1.807, 2.05) is 58.5 Å². The Morgan fingerprint density at radius 3 is 2.47 bits per heavy atom. The monoisotopic (exact) mass is 512 g/mol. The lowest BCUT2D eigenvalue weighted by atomic mass is 9.87. The Morgan fingerprint density at radius 1 is 1.00 bits per heavy atom. The Morgan fingerprint density at radius 2 is 1.74 bits per heavy atom. The van der Waals surface area contributed by atoms with Gasteiger partial charge in [-0.1, -0.05) is 72.1 Å². The van der Waals surface area contributed by atoms with Gasteiger partial charge in [0.25, 0.3) is 5.91 Å². The van der Waals surface area contributed by atoms with Crippen LogP contribution >= 0.6 is 34.8 Å². The Balaban J connectivity index is 1.52. The fraction of sp³-hybridized carbons (Fsp3) is 0.231. The van der Waals surface area contributed by atoms with Crippen molar-refractivity contribution in [1.29, 1.82) is 0 Å². The van der Waals surface area contributed by atoms with Gasteiger partial charge in [-0.05, 0) is 60.4 Å². The number of hydrazine groups is 1. The summed E-state index contributed by atoms with van der Waals surface area (Å²) in [5, 5.41) is 10.2. The van der Waals surface area contributed by atoms with Gasteiger partial charge in [-0.25, -0.2) is 0 Å². The van der Waals surface area contributed by atoms with Crippen LogP contribution in [0.5, 0.6) is 0 Å². The Hall–Kier alpha value is -2.73. The van der Waals surface area contributed by atoms with Gasteiger partial charge in [0.1, 0.15) is 5.71 Å². The van der Waals surface area contributed by atoms with Crippen LogP contribution in [-0.2, 0) is 11.2 Å². The first kappa shape index (κ1) is 23.0. The van der Waals surface area contributed by atoms with Gasteiger partial charge in [0, 0.05) is 22.5 Å². The number of nitrogens with one attached hydrogen (secondary N) is 1. The van der Waals surface area contributed by atoms with Crippen LogP contribution in [0, 0.1) is 5.92 Å². The molecule has 2 atom stereocenters. The van der Waals surface area contributed by atoms with Gasteiger partial charge < -0.3 is 0 Å². The highest BCUT2D eigenvalue weighted by Gasteiger charge is 2.42. The quantitative estimate of drug-likeness (QED) is 0.414. The van der Waals surface area contributed by atoms with Gasteiger partial charge in [0.2, 0.25) is 0 Å². The van der Waals surface area contributed by atoms with Crippen LogP contribution in [0.1, 0.15) is 30.5 Å². The third-order valence-corrected chi connectivity index (χ3v) is 7.17. The molecule has 174 valence electrons. The maximum atomic E-state index is 13.5. The van der Waals surface area contributed by atoms with E-state index in [9.17, 15) is 4.79 Å². The van der Waals surface area contributed by atoms with E-state index in [4.69, 9.17) is 39.9 Å². The van der Waals surface area contributed by atoms with E-state index in [0.29, 0.717) is 26.5 Å². The number of hydrazone groups is 1. The molecule has 3 aromatic carbocycles. The number of carbonyl (C=O) groups excluding carboxylic acids is 1. The van der Waals surface area contributed by atoms with E-state index in [1.54, 1.807) is 12.1 Å². The van der Waals surface area contributed by atoms with E-state index < -0.39 is 0 Å². The lowest BCUT2D eigenvalue weighted by Gasteiger charge is -2.29. The van der Waals surface area contributed by atoms with Gasteiger partial charge in [-0.3, -0.25) is 20.2 Å². The number of hydrogen-bond acceptors (Lipinski definition) is 4. The number of rotatable bonds is 5. The molecule has 0 spiro atoms. The number of amides is 1. The first-order chi connectivity index (χ1) is 16.5. The number of fused-ring (bicyclic) bond motifs is 1. The van der Waals surface area contributed by atoms with E-state index in [1.165, 1.54) is 5.56 Å². The average molecular weight is 514 g/mol. The van der Waals surface area contributed by atoms with Gasteiger partial charge >= 0.3 is 0 Å². The van der Waals surface area contributed by atoms with E-state index in [2.05, 4.69) is 18.4 Å². The van der Waals surface area contributed by atoms with Crippen molar-refractivity contribution in [3.8, 4) is 0 Å². The van der Waals surface area contributed by atoms with Crippen LogP contribution in [0.3, 0.4) is 0 Å². The van der Waals surface area contributed by atoms with Crippen molar-refractivity contribution in [1.82, 2.24) is 5.43 Å². The summed E-state index contributed by atoms with van der Waals surface area (Å²) in [6.07, 6.45) is 1.61. The number of halogens is 3. The van der Waals surface area contributed by atoms with E-state index in [-0.39, 0.29) is 17.9 Å². The van der Waals surface area contributed by atoms with E-state index >= 15 is 0 Å². The Bertz CT molecular complexity index is 1260. The molecule has 0 bridgehead atoms. The third-order valence-electron chi connectivity index (χ3n) is 6.38. The standard InChI is InChI=1S/C26H23Cl3N4O/c1-2-20-24(26(34)31-32-14-13-16-5-3-4-6-22(16)32)30-33(23-12-11-19(28)15-21(23)29)25(20)17-7-9-18(27)10-8-17/h3-12,15,20,25H,2,13-14H2,1H3,(H,31,34)/t20-,25-/m1/s1. The lowest BCUT2D eigenvalue weighted by Crippen LogP contribution is -2.46. The molecule has 2 aliphatic rings. The minimum Gasteiger partial charge on any atom is -0.285 e. The lowest BCUT2D eigenvalue weighted by molar-refractivity contribution is -0.115. The van der Waals surface area contributed by atoms with Crippen LogP contribution in [0.15, 0.2) is 71.8 Å². The molecule has 0 saturated carbocycles. The minimum absolute atomic E-state index is 0.147. The molecule has 3 aromatic rings. The molecule has 0 saturated heterocycles. The summed E-state index contributed by atoms with van der Waals surface area (Å²) in [5.74, 6) is -0.360. The zero-order chi connectivity index (χ0) is 23.8. The fourth-order valence-corrected chi connectivity index (χ4v) is 5.36. The average Bonchev–Trinajstić information content (AvgIpc) is 3.41. The zero-order valence-electron chi connectivity index (χ0n) is 18.5. The normalized spacial score (nSPS) is 19.2. The molecule has 0 aromatic heterocycles. The number of hydrogen-bond donors (Lipinski definition) is 1. The molecule has 0 fully saturated rings. The highest BCUT2D eigenvalue weighted by Crippen LogP contribution is 2.44. The van der Waals surface area contributed by atoms with Crippen LogP contribution in [0.2, 0.25) is 15.1 Å². The zero-order valence-corrected chi connectivity index (χ0v) is 20.8. The van der Waals surface area contributed by atoms with Gasteiger partial charge in [0.05, 0.1) is 22.4 Å². The molecule has 0 radical (unpaired) electrons. The molecule has 2 heterocycles. The molecular weight excluding hydrogens is 491 g/mol. The number of anilines is 2. The van der Waals surface area contributed by atoms with E-state index in [0.717, 1.165) is 30.6 Å². The summed E-state index contributed by atoms with van der Waals surface area (Å²) in [7, 11) is 0. The van der Waals surface area contributed by atoms with Crippen molar-refractivity contribution >= 4 is 57.8 Å². The fourth-order valence-electron chi connectivity index (χ4n) is 4.74. The molecule has 5 nitrogen and oxygen atoms in total.